The molecule has 1 rings (SSSR count). The minimum Gasteiger partial charge on any atom is -0.458 e. The number of ether oxygens (including phenoxy) is 4. The van der Waals surface area contributed by atoms with Crippen LogP contribution in [-0.4, -0.2) is 82.5 Å². The third-order valence-electron chi connectivity index (χ3n) is 7.07. The summed E-state index contributed by atoms with van der Waals surface area (Å²) in [6.45, 7) is 28.3. The topological polar surface area (TPSA) is 139 Å². The normalized spacial score (nSPS) is 17.9. The highest BCUT2D eigenvalue weighted by Gasteiger charge is 2.50. The number of nitrogens with one attached hydrogen (secondary N) is 1. The molecule has 2 atom stereocenters. The standard InChI is InChI=1S/C33H61BN2O10/c1-28(2,3)41-24(37)23(35-25(38)42-29(4,5)6)22(18-17-20-34-45-32(13,14)33(15,16)46-34)19-21-36(26(39)43-30(7,8)9)27(40)44-31(10,11)12/h22-23H,17-21H2,1-16H3,(H,35,38)/t22-,23+/m1/s1. The summed E-state index contributed by atoms with van der Waals surface area (Å²) >= 11 is 0. The SMILES string of the molecule is CC(C)(C)OC(=O)N[C@H](C(=O)OC(C)(C)C)[C@H](CCCB1OC(C)(C)C(C)(C)O1)CCN(C(=O)OC(C)(C)C)C(=O)OC(C)(C)C. The quantitative estimate of drug-likeness (QED) is 0.145. The molecular weight excluding hydrogens is 595 g/mol. The fourth-order valence-corrected chi connectivity index (χ4v) is 4.46. The average Bonchev–Trinajstić information content (AvgIpc) is 2.97. The third-order valence-corrected chi connectivity index (χ3v) is 7.07. The van der Waals surface area contributed by atoms with Crippen molar-refractivity contribution in [2.24, 2.45) is 5.92 Å². The van der Waals surface area contributed by atoms with Gasteiger partial charge in [-0.3, -0.25) is 0 Å². The number of rotatable bonds is 10. The Morgan fingerprint density at radius 2 is 1.09 bits per heavy atom. The zero-order chi connectivity index (χ0) is 36.1. The summed E-state index contributed by atoms with van der Waals surface area (Å²) in [6, 6.07) is -1.16. The lowest BCUT2D eigenvalue weighted by Crippen LogP contribution is -2.51. The molecule has 0 bridgehead atoms. The van der Waals surface area contributed by atoms with Crippen LogP contribution in [0.3, 0.4) is 0 Å². The van der Waals surface area contributed by atoms with E-state index in [9.17, 15) is 19.2 Å². The molecule has 0 aromatic carbocycles. The van der Waals surface area contributed by atoms with Crippen LogP contribution in [0, 0.1) is 5.92 Å². The molecule has 0 aromatic heterocycles. The van der Waals surface area contributed by atoms with Gasteiger partial charge in [0.05, 0.1) is 11.2 Å². The van der Waals surface area contributed by atoms with Crippen LogP contribution in [0.1, 0.15) is 130 Å². The van der Waals surface area contributed by atoms with E-state index in [-0.39, 0.29) is 13.0 Å². The lowest BCUT2D eigenvalue weighted by Gasteiger charge is -2.33. The predicted octanol–water partition coefficient (Wildman–Crippen LogP) is 7.27. The molecule has 0 radical (unpaired) electrons. The molecule has 0 aliphatic carbocycles. The summed E-state index contributed by atoms with van der Waals surface area (Å²) in [5.41, 5.74) is -4.43. The van der Waals surface area contributed by atoms with E-state index in [4.69, 9.17) is 28.3 Å². The van der Waals surface area contributed by atoms with Crippen LogP contribution in [0.2, 0.25) is 6.32 Å². The number of alkyl carbamates (subject to hydrolysis) is 1. The number of carbonyl (C=O) groups excluding carboxylic acids is 4. The molecule has 1 aliphatic rings. The van der Waals surface area contributed by atoms with Gasteiger partial charge in [0.15, 0.2) is 0 Å². The second kappa shape index (κ2) is 15.1. The summed E-state index contributed by atoms with van der Waals surface area (Å²) in [4.78, 5) is 54.0. The number of carbonyl (C=O) groups is 4. The molecule has 3 amide bonds. The highest BCUT2D eigenvalue weighted by atomic mass is 16.7. The molecule has 0 spiro atoms. The van der Waals surface area contributed by atoms with E-state index in [1.54, 1.807) is 83.1 Å². The maximum absolute atomic E-state index is 13.6. The van der Waals surface area contributed by atoms with Gasteiger partial charge in [-0.05, 0) is 136 Å². The second-order valence-electron chi connectivity index (χ2n) is 16.9. The summed E-state index contributed by atoms with van der Waals surface area (Å²) in [6.07, 6.45) is -1.01. The summed E-state index contributed by atoms with van der Waals surface area (Å²) in [7, 11) is -0.468. The van der Waals surface area contributed by atoms with E-state index in [2.05, 4.69) is 5.32 Å². The molecule has 0 saturated carbocycles. The minimum atomic E-state index is -1.16. The van der Waals surface area contributed by atoms with Gasteiger partial charge >= 0.3 is 31.4 Å². The first-order chi connectivity index (χ1) is 20.4. The van der Waals surface area contributed by atoms with Gasteiger partial charge in [0.1, 0.15) is 28.4 Å². The van der Waals surface area contributed by atoms with Gasteiger partial charge in [0.2, 0.25) is 0 Å². The maximum Gasteiger partial charge on any atom is 0.457 e. The molecule has 266 valence electrons. The Kier molecular flexibility index (Phi) is 13.6. The summed E-state index contributed by atoms with van der Waals surface area (Å²) < 4.78 is 34.6. The monoisotopic (exact) mass is 656 g/mol. The zero-order valence-electron chi connectivity index (χ0n) is 31.3. The van der Waals surface area contributed by atoms with E-state index < -0.39 is 76.9 Å². The average molecular weight is 657 g/mol. The fourth-order valence-electron chi connectivity index (χ4n) is 4.46. The molecule has 12 nitrogen and oxygen atoms in total. The van der Waals surface area contributed by atoms with Gasteiger partial charge in [-0.25, -0.2) is 24.1 Å². The molecule has 1 saturated heterocycles. The Balaban J connectivity index is 3.43. The van der Waals surface area contributed by atoms with Crippen molar-refractivity contribution >= 4 is 31.4 Å². The van der Waals surface area contributed by atoms with Crippen LogP contribution >= 0.6 is 0 Å². The molecule has 0 aromatic rings. The lowest BCUT2D eigenvalue weighted by molar-refractivity contribution is -0.159. The fraction of sp³-hybridized carbons (Fsp3) is 0.879. The molecule has 1 heterocycles. The Bertz CT molecular complexity index is 1020. The van der Waals surface area contributed by atoms with E-state index in [1.807, 2.05) is 27.7 Å². The molecule has 1 N–H and O–H groups in total. The van der Waals surface area contributed by atoms with Gasteiger partial charge in [-0.15, -0.1) is 0 Å². The summed E-state index contributed by atoms with van der Waals surface area (Å²) in [5.74, 6) is -1.27. The molecule has 13 heteroatoms. The van der Waals surface area contributed by atoms with Crippen LogP contribution < -0.4 is 5.32 Å². The highest BCUT2D eigenvalue weighted by Crippen LogP contribution is 2.38. The van der Waals surface area contributed by atoms with Crippen molar-refractivity contribution in [3.8, 4) is 0 Å². The van der Waals surface area contributed by atoms with Gasteiger partial charge in [-0.2, -0.15) is 0 Å². The number of hydrogen-bond acceptors (Lipinski definition) is 10. The van der Waals surface area contributed by atoms with Gasteiger partial charge < -0.3 is 33.6 Å². The molecule has 1 aliphatic heterocycles. The van der Waals surface area contributed by atoms with Crippen LogP contribution in [0.25, 0.3) is 0 Å². The van der Waals surface area contributed by atoms with Crippen molar-refractivity contribution < 1.29 is 47.4 Å². The van der Waals surface area contributed by atoms with Crippen LogP contribution in [0.5, 0.6) is 0 Å². The van der Waals surface area contributed by atoms with Gasteiger partial charge in [0, 0.05) is 6.54 Å². The number of hydrogen-bond donors (Lipinski definition) is 1. The second-order valence-corrected chi connectivity index (χ2v) is 16.9. The minimum absolute atomic E-state index is 0.113. The lowest BCUT2D eigenvalue weighted by atomic mass is 9.79. The van der Waals surface area contributed by atoms with Crippen molar-refractivity contribution in [2.75, 3.05) is 6.54 Å². The van der Waals surface area contributed by atoms with Crippen molar-refractivity contribution in [1.82, 2.24) is 10.2 Å². The maximum atomic E-state index is 13.6. The van der Waals surface area contributed by atoms with E-state index in [0.29, 0.717) is 19.2 Å². The Labute approximate surface area is 277 Å². The highest BCUT2D eigenvalue weighted by molar-refractivity contribution is 6.45. The Morgan fingerprint density at radius 3 is 1.48 bits per heavy atom. The smallest absolute Gasteiger partial charge is 0.457 e. The van der Waals surface area contributed by atoms with E-state index in [0.717, 1.165) is 4.90 Å². The third kappa shape index (κ3) is 14.9. The molecular formula is C33H61BN2O10. The van der Waals surface area contributed by atoms with Crippen LogP contribution in [0.15, 0.2) is 0 Å². The van der Waals surface area contributed by atoms with Gasteiger partial charge in [0.25, 0.3) is 0 Å². The van der Waals surface area contributed by atoms with Crippen LogP contribution in [0.4, 0.5) is 14.4 Å². The largest absolute Gasteiger partial charge is 0.458 e. The Morgan fingerprint density at radius 1 is 0.674 bits per heavy atom. The predicted molar refractivity (Wildman–Crippen MR) is 176 cm³/mol. The number of esters is 1. The molecule has 1 fully saturated rings. The first-order valence-corrected chi connectivity index (χ1v) is 16.2. The van der Waals surface area contributed by atoms with Gasteiger partial charge in [-0.1, -0.05) is 6.42 Å². The molecule has 0 unspecified atom stereocenters. The molecule has 46 heavy (non-hydrogen) atoms. The first-order valence-electron chi connectivity index (χ1n) is 16.2. The Hall–Kier alpha value is -2.54. The van der Waals surface area contributed by atoms with Crippen molar-refractivity contribution in [3.05, 3.63) is 0 Å². The number of amides is 3. The van der Waals surface area contributed by atoms with Crippen molar-refractivity contribution in [2.45, 2.75) is 176 Å². The van der Waals surface area contributed by atoms with Crippen LogP contribution in [-0.2, 0) is 33.1 Å². The van der Waals surface area contributed by atoms with Crippen molar-refractivity contribution in [3.63, 3.8) is 0 Å². The van der Waals surface area contributed by atoms with E-state index >= 15 is 0 Å². The summed E-state index contributed by atoms with van der Waals surface area (Å²) in [5, 5.41) is 2.71. The number of nitrogens with zero attached hydrogens (tertiary/aromatic N) is 1. The zero-order valence-corrected chi connectivity index (χ0v) is 31.3. The number of imide groups is 1. The first kappa shape index (κ1) is 41.5. The van der Waals surface area contributed by atoms with Crippen molar-refractivity contribution in [1.29, 1.82) is 0 Å². The van der Waals surface area contributed by atoms with E-state index in [1.165, 1.54) is 0 Å².